The number of halogens is 1. The van der Waals surface area contributed by atoms with Gasteiger partial charge in [0.05, 0.1) is 5.41 Å². The van der Waals surface area contributed by atoms with Gasteiger partial charge in [-0.05, 0) is 31.5 Å². The van der Waals surface area contributed by atoms with Crippen LogP contribution < -0.4 is 11.1 Å². The second-order valence-electron chi connectivity index (χ2n) is 4.68. The number of hydrogen-bond acceptors (Lipinski definition) is 3. The van der Waals surface area contributed by atoms with Crippen LogP contribution in [0.25, 0.3) is 0 Å². The summed E-state index contributed by atoms with van der Waals surface area (Å²) in [5, 5.41) is 12.1. The van der Waals surface area contributed by atoms with Gasteiger partial charge in [-0.1, -0.05) is 18.5 Å². The predicted octanol–water partition coefficient (Wildman–Crippen LogP) is 2.15. The molecule has 0 bridgehead atoms. The van der Waals surface area contributed by atoms with E-state index in [1.54, 1.807) is 13.8 Å². The molecule has 0 saturated carbocycles. The van der Waals surface area contributed by atoms with Crippen LogP contribution in [0.1, 0.15) is 30.6 Å². The molecular formula is C13H17ClN2O3. The molecular weight excluding hydrogens is 268 g/mol. The minimum atomic E-state index is -0.986. The molecule has 1 rings (SSSR count). The molecule has 1 unspecified atom stereocenters. The summed E-state index contributed by atoms with van der Waals surface area (Å²) in [7, 11) is 0. The van der Waals surface area contributed by atoms with Gasteiger partial charge in [-0.3, -0.25) is 9.59 Å². The van der Waals surface area contributed by atoms with Gasteiger partial charge in [-0.2, -0.15) is 0 Å². The first-order valence-corrected chi connectivity index (χ1v) is 6.24. The van der Waals surface area contributed by atoms with E-state index in [-0.39, 0.29) is 6.54 Å². The number of benzene rings is 1. The summed E-state index contributed by atoms with van der Waals surface area (Å²) in [5.74, 6) is -1.34. The highest BCUT2D eigenvalue weighted by Crippen LogP contribution is 2.21. The summed E-state index contributed by atoms with van der Waals surface area (Å²) in [4.78, 5) is 23.0. The monoisotopic (exact) mass is 284 g/mol. The van der Waals surface area contributed by atoms with Gasteiger partial charge in [0.1, 0.15) is 0 Å². The van der Waals surface area contributed by atoms with Gasteiger partial charge in [0, 0.05) is 22.8 Å². The van der Waals surface area contributed by atoms with Crippen molar-refractivity contribution in [1.82, 2.24) is 5.32 Å². The number of amides is 1. The Morgan fingerprint density at radius 2 is 2.05 bits per heavy atom. The van der Waals surface area contributed by atoms with Crippen molar-refractivity contribution in [3.05, 3.63) is 28.8 Å². The van der Waals surface area contributed by atoms with E-state index in [9.17, 15) is 9.59 Å². The molecule has 0 aliphatic carbocycles. The standard InChI is InChI=1S/C13H17ClN2O3/c1-3-13(2,12(18)19)7-16-11(17)8-4-9(14)6-10(15)5-8/h4-6H,3,7,15H2,1-2H3,(H,16,17)(H,18,19). The molecule has 0 saturated heterocycles. The molecule has 1 aromatic carbocycles. The molecule has 0 heterocycles. The van der Waals surface area contributed by atoms with E-state index in [0.29, 0.717) is 22.7 Å². The highest BCUT2D eigenvalue weighted by molar-refractivity contribution is 6.31. The van der Waals surface area contributed by atoms with Crippen molar-refractivity contribution in [2.45, 2.75) is 20.3 Å². The summed E-state index contributed by atoms with van der Waals surface area (Å²) in [6.45, 7) is 3.39. The van der Waals surface area contributed by atoms with Gasteiger partial charge in [-0.25, -0.2) is 0 Å². The maximum atomic E-state index is 11.9. The second-order valence-corrected chi connectivity index (χ2v) is 5.11. The third kappa shape index (κ3) is 3.86. The Balaban J connectivity index is 2.78. The van der Waals surface area contributed by atoms with Gasteiger partial charge in [0.15, 0.2) is 0 Å². The Labute approximate surface area is 116 Å². The highest BCUT2D eigenvalue weighted by Gasteiger charge is 2.31. The average Bonchev–Trinajstić information content (AvgIpc) is 2.34. The third-order valence-electron chi connectivity index (χ3n) is 3.12. The minimum Gasteiger partial charge on any atom is -0.481 e. The van der Waals surface area contributed by atoms with Crippen LogP contribution in [0.15, 0.2) is 18.2 Å². The Kier molecular flexibility index (Phi) is 4.78. The van der Waals surface area contributed by atoms with Crippen LogP contribution in [0, 0.1) is 5.41 Å². The number of nitrogens with two attached hydrogens (primary N) is 1. The van der Waals surface area contributed by atoms with Crippen LogP contribution in [0.4, 0.5) is 5.69 Å². The first kappa shape index (κ1) is 15.3. The number of carboxylic acids is 1. The van der Waals surface area contributed by atoms with E-state index in [2.05, 4.69) is 5.32 Å². The number of nitrogens with one attached hydrogen (secondary N) is 1. The van der Waals surface area contributed by atoms with Crippen molar-refractivity contribution < 1.29 is 14.7 Å². The molecule has 0 radical (unpaired) electrons. The predicted molar refractivity (Wildman–Crippen MR) is 74.2 cm³/mol. The van der Waals surface area contributed by atoms with Crippen LogP contribution in [-0.2, 0) is 4.79 Å². The normalized spacial score (nSPS) is 13.6. The zero-order chi connectivity index (χ0) is 14.6. The topological polar surface area (TPSA) is 92.4 Å². The van der Waals surface area contributed by atoms with Crippen molar-refractivity contribution in [3.8, 4) is 0 Å². The molecule has 104 valence electrons. The summed E-state index contributed by atoms with van der Waals surface area (Å²) in [6.07, 6.45) is 0.417. The van der Waals surface area contributed by atoms with E-state index in [4.69, 9.17) is 22.4 Å². The lowest BCUT2D eigenvalue weighted by atomic mass is 9.87. The number of hydrogen-bond donors (Lipinski definition) is 3. The molecule has 0 spiro atoms. The lowest BCUT2D eigenvalue weighted by molar-refractivity contribution is -0.147. The number of rotatable bonds is 5. The number of carboxylic acid groups (broad SMARTS) is 1. The molecule has 1 atom stereocenters. The van der Waals surface area contributed by atoms with Gasteiger partial charge >= 0.3 is 5.97 Å². The number of nitrogen functional groups attached to an aromatic ring is 1. The lowest BCUT2D eigenvalue weighted by Crippen LogP contribution is -2.40. The molecule has 5 nitrogen and oxygen atoms in total. The second kappa shape index (κ2) is 5.93. The van der Waals surface area contributed by atoms with E-state index < -0.39 is 17.3 Å². The maximum Gasteiger partial charge on any atom is 0.311 e. The Bertz CT molecular complexity index is 484. The van der Waals surface area contributed by atoms with Gasteiger partial charge < -0.3 is 16.2 Å². The van der Waals surface area contributed by atoms with Gasteiger partial charge in [-0.15, -0.1) is 0 Å². The number of aliphatic carboxylic acids is 1. The Hall–Kier alpha value is -1.75. The fraction of sp³-hybridized carbons (Fsp3) is 0.385. The molecule has 0 fully saturated rings. The molecule has 1 amide bonds. The molecule has 1 aromatic rings. The zero-order valence-electron chi connectivity index (χ0n) is 10.9. The molecule has 0 aliphatic rings. The molecule has 0 aromatic heterocycles. The summed E-state index contributed by atoms with van der Waals surface area (Å²) < 4.78 is 0. The summed E-state index contributed by atoms with van der Waals surface area (Å²) in [6, 6.07) is 4.51. The van der Waals surface area contributed by atoms with Crippen LogP contribution in [0.5, 0.6) is 0 Å². The van der Waals surface area contributed by atoms with Crippen molar-refractivity contribution in [1.29, 1.82) is 0 Å². The maximum absolute atomic E-state index is 11.9. The van der Waals surface area contributed by atoms with Gasteiger partial charge in [0.25, 0.3) is 5.91 Å². The van der Waals surface area contributed by atoms with Crippen LogP contribution in [0.3, 0.4) is 0 Å². The third-order valence-corrected chi connectivity index (χ3v) is 3.34. The number of carbonyl (C=O) groups is 2. The van der Waals surface area contributed by atoms with Crippen LogP contribution in [-0.4, -0.2) is 23.5 Å². The zero-order valence-corrected chi connectivity index (χ0v) is 11.6. The van der Waals surface area contributed by atoms with Crippen molar-refractivity contribution in [2.75, 3.05) is 12.3 Å². The molecule has 0 aliphatic heterocycles. The SMILES string of the molecule is CCC(C)(CNC(=O)c1cc(N)cc(Cl)c1)C(=O)O. The highest BCUT2D eigenvalue weighted by atomic mass is 35.5. The van der Waals surface area contributed by atoms with Gasteiger partial charge in [0.2, 0.25) is 0 Å². The molecule has 6 heteroatoms. The van der Waals surface area contributed by atoms with Crippen molar-refractivity contribution in [2.24, 2.45) is 5.41 Å². The minimum absolute atomic E-state index is 0.0457. The van der Waals surface area contributed by atoms with Crippen molar-refractivity contribution in [3.63, 3.8) is 0 Å². The lowest BCUT2D eigenvalue weighted by Gasteiger charge is -2.23. The summed E-state index contributed by atoms with van der Waals surface area (Å²) in [5.41, 5.74) is 5.31. The van der Waals surface area contributed by atoms with E-state index in [1.807, 2.05) is 0 Å². The van der Waals surface area contributed by atoms with E-state index in [1.165, 1.54) is 18.2 Å². The Morgan fingerprint density at radius 1 is 1.42 bits per heavy atom. The summed E-state index contributed by atoms with van der Waals surface area (Å²) >= 11 is 5.81. The first-order chi connectivity index (χ1) is 8.78. The fourth-order valence-corrected chi connectivity index (χ4v) is 1.72. The first-order valence-electron chi connectivity index (χ1n) is 5.86. The van der Waals surface area contributed by atoms with Crippen molar-refractivity contribution >= 4 is 29.2 Å². The number of anilines is 1. The average molecular weight is 285 g/mol. The smallest absolute Gasteiger partial charge is 0.311 e. The number of carbonyl (C=O) groups excluding carboxylic acids is 1. The van der Waals surface area contributed by atoms with Crippen LogP contribution in [0.2, 0.25) is 5.02 Å². The fourth-order valence-electron chi connectivity index (χ4n) is 1.47. The molecule has 19 heavy (non-hydrogen) atoms. The molecule has 4 N–H and O–H groups in total. The van der Waals surface area contributed by atoms with E-state index >= 15 is 0 Å². The Morgan fingerprint density at radius 3 is 2.53 bits per heavy atom. The van der Waals surface area contributed by atoms with Crippen LogP contribution >= 0.6 is 11.6 Å². The quantitative estimate of drug-likeness (QED) is 0.722. The largest absolute Gasteiger partial charge is 0.481 e. The van der Waals surface area contributed by atoms with E-state index in [0.717, 1.165) is 0 Å².